The highest BCUT2D eigenvalue weighted by atomic mass is 79.9. The number of carbonyl (C=O) groups excluding carboxylic acids is 1. The van der Waals surface area contributed by atoms with Gasteiger partial charge in [0.2, 0.25) is 5.91 Å². The fraction of sp³-hybridized carbons (Fsp3) is 0.385. The molecule has 1 unspecified atom stereocenters. The van der Waals surface area contributed by atoms with E-state index in [0.29, 0.717) is 17.9 Å². The first-order valence-corrected chi connectivity index (χ1v) is 7.13. The van der Waals surface area contributed by atoms with Crippen molar-refractivity contribution in [1.82, 2.24) is 0 Å². The number of nitrogens with one attached hydrogen (secondary N) is 1. The van der Waals surface area contributed by atoms with Gasteiger partial charge in [-0.3, -0.25) is 4.79 Å². The van der Waals surface area contributed by atoms with Crippen LogP contribution in [0.4, 0.5) is 5.69 Å². The molecule has 0 spiro atoms. The van der Waals surface area contributed by atoms with Crippen LogP contribution >= 0.6 is 28.1 Å². The monoisotopic (exact) mass is 344 g/mol. The molecule has 1 atom stereocenters. The number of hydrogen-bond acceptors (Lipinski definition) is 3. The summed E-state index contributed by atoms with van der Waals surface area (Å²) in [5.74, 6) is 0.102. The van der Waals surface area contributed by atoms with Crippen molar-refractivity contribution in [2.45, 2.75) is 19.8 Å². The highest BCUT2D eigenvalue weighted by molar-refractivity contribution is 9.10. The fourth-order valence-electron chi connectivity index (χ4n) is 1.66. The van der Waals surface area contributed by atoms with E-state index < -0.39 is 5.92 Å². The third kappa shape index (κ3) is 4.47. The number of anilines is 1. The van der Waals surface area contributed by atoms with Crippen molar-refractivity contribution >= 4 is 44.7 Å². The van der Waals surface area contributed by atoms with Crippen molar-refractivity contribution in [3.63, 3.8) is 0 Å². The highest BCUT2D eigenvalue weighted by Crippen LogP contribution is 2.28. The molecule has 1 rings (SSSR count). The largest absolute Gasteiger partial charge is 0.496 e. The second-order valence-corrected chi connectivity index (χ2v) is 5.41. The smallest absolute Gasteiger partial charge is 0.234 e. The number of halogens is 1. The Morgan fingerprint density at radius 1 is 1.58 bits per heavy atom. The molecule has 0 bridgehead atoms. The molecule has 0 aliphatic carbocycles. The standard InChI is InChI=1S/C13H17BrN2O2S/c1-3-4-9(12(15)19)13(17)16-8-5-6-11(18-2)10(14)7-8/h5-7,9H,3-4H2,1-2H3,(H2,15,19)(H,16,17). The maximum Gasteiger partial charge on any atom is 0.234 e. The SMILES string of the molecule is CCCC(C(=O)Nc1ccc(OC)c(Br)c1)C(N)=S. The third-order valence-corrected chi connectivity index (χ3v) is 3.56. The van der Waals surface area contributed by atoms with Gasteiger partial charge >= 0.3 is 0 Å². The van der Waals surface area contributed by atoms with Crippen molar-refractivity contribution in [1.29, 1.82) is 0 Å². The van der Waals surface area contributed by atoms with Crippen LogP contribution in [0.3, 0.4) is 0 Å². The van der Waals surface area contributed by atoms with E-state index in [-0.39, 0.29) is 10.9 Å². The van der Waals surface area contributed by atoms with Crippen molar-refractivity contribution in [3.8, 4) is 5.75 Å². The van der Waals surface area contributed by atoms with Crippen LogP contribution in [-0.2, 0) is 4.79 Å². The quantitative estimate of drug-likeness (QED) is 0.778. The summed E-state index contributed by atoms with van der Waals surface area (Å²) in [6.45, 7) is 1.99. The van der Waals surface area contributed by atoms with Crippen LogP contribution in [0.15, 0.2) is 22.7 Å². The van der Waals surface area contributed by atoms with Gasteiger partial charge in [0.05, 0.1) is 22.5 Å². The van der Waals surface area contributed by atoms with Gasteiger partial charge in [0.1, 0.15) is 5.75 Å². The number of amides is 1. The first kappa shape index (κ1) is 15.9. The Balaban J connectivity index is 2.80. The molecule has 0 fully saturated rings. The van der Waals surface area contributed by atoms with Crippen molar-refractivity contribution < 1.29 is 9.53 Å². The number of hydrogen-bond donors (Lipinski definition) is 2. The zero-order valence-corrected chi connectivity index (χ0v) is 13.3. The Hall–Kier alpha value is -1.14. The number of benzene rings is 1. The summed E-state index contributed by atoms with van der Waals surface area (Å²) in [6, 6.07) is 5.32. The molecule has 19 heavy (non-hydrogen) atoms. The van der Waals surface area contributed by atoms with Crippen LogP contribution in [-0.4, -0.2) is 18.0 Å². The first-order chi connectivity index (χ1) is 8.99. The molecule has 0 radical (unpaired) electrons. The maximum atomic E-state index is 12.1. The lowest BCUT2D eigenvalue weighted by Crippen LogP contribution is -2.33. The Labute approximate surface area is 126 Å². The Morgan fingerprint density at radius 2 is 2.26 bits per heavy atom. The number of carbonyl (C=O) groups is 1. The third-order valence-electron chi connectivity index (χ3n) is 2.66. The molecule has 104 valence electrons. The second-order valence-electron chi connectivity index (χ2n) is 4.08. The summed E-state index contributed by atoms with van der Waals surface area (Å²) in [7, 11) is 1.59. The van der Waals surface area contributed by atoms with Gasteiger partial charge in [0.15, 0.2) is 0 Å². The second kappa shape index (κ2) is 7.45. The number of nitrogens with two attached hydrogens (primary N) is 1. The van der Waals surface area contributed by atoms with Gasteiger partial charge < -0.3 is 15.8 Å². The molecule has 0 aromatic heterocycles. The minimum Gasteiger partial charge on any atom is -0.496 e. The van der Waals surface area contributed by atoms with Gasteiger partial charge in [-0.25, -0.2) is 0 Å². The number of rotatable bonds is 6. The molecular formula is C13H17BrN2O2S. The Bertz CT molecular complexity index is 480. The predicted octanol–water partition coefficient (Wildman–Crippen LogP) is 3.10. The van der Waals surface area contributed by atoms with E-state index in [9.17, 15) is 4.79 Å². The van der Waals surface area contributed by atoms with Crippen LogP contribution in [0, 0.1) is 5.92 Å². The molecule has 6 heteroatoms. The van der Waals surface area contributed by atoms with Crippen LogP contribution in [0.5, 0.6) is 5.75 Å². The maximum absolute atomic E-state index is 12.1. The van der Waals surface area contributed by atoms with Crippen LogP contribution in [0.2, 0.25) is 0 Å². The van der Waals surface area contributed by atoms with Gasteiger partial charge in [0.25, 0.3) is 0 Å². The lowest BCUT2D eigenvalue weighted by Gasteiger charge is -2.15. The lowest BCUT2D eigenvalue weighted by atomic mass is 10.0. The van der Waals surface area contributed by atoms with Gasteiger partial charge in [-0.1, -0.05) is 25.6 Å². The van der Waals surface area contributed by atoms with Crippen molar-refractivity contribution in [2.24, 2.45) is 11.7 Å². The highest BCUT2D eigenvalue weighted by Gasteiger charge is 2.20. The molecule has 0 aliphatic rings. The van der Waals surface area contributed by atoms with E-state index in [1.807, 2.05) is 6.92 Å². The normalized spacial score (nSPS) is 11.7. The molecular weight excluding hydrogens is 328 g/mol. The van der Waals surface area contributed by atoms with Crippen molar-refractivity contribution in [2.75, 3.05) is 12.4 Å². The summed E-state index contributed by atoms with van der Waals surface area (Å²) in [5, 5.41) is 2.81. The van der Waals surface area contributed by atoms with E-state index in [2.05, 4.69) is 21.2 Å². The predicted molar refractivity (Wildman–Crippen MR) is 84.5 cm³/mol. The Morgan fingerprint density at radius 3 is 2.74 bits per heavy atom. The fourth-order valence-corrected chi connectivity index (χ4v) is 2.43. The molecule has 1 aromatic rings. The van der Waals surface area contributed by atoms with Gasteiger partial charge in [-0.15, -0.1) is 0 Å². The topological polar surface area (TPSA) is 64.3 Å². The minimum absolute atomic E-state index is 0.175. The molecule has 1 amide bonds. The van der Waals surface area contributed by atoms with E-state index in [0.717, 1.165) is 10.9 Å². The van der Waals surface area contributed by atoms with E-state index >= 15 is 0 Å². The first-order valence-electron chi connectivity index (χ1n) is 5.93. The summed E-state index contributed by atoms with van der Waals surface area (Å²) >= 11 is 8.30. The van der Waals surface area contributed by atoms with E-state index in [1.54, 1.807) is 25.3 Å². The molecule has 3 N–H and O–H groups in total. The molecule has 0 saturated heterocycles. The number of thiocarbonyl (C=S) groups is 1. The van der Waals surface area contributed by atoms with E-state index in [4.69, 9.17) is 22.7 Å². The van der Waals surface area contributed by atoms with Gasteiger partial charge in [-0.2, -0.15) is 0 Å². The van der Waals surface area contributed by atoms with Gasteiger partial charge in [-0.05, 0) is 40.5 Å². The molecule has 4 nitrogen and oxygen atoms in total. The average molecular weight is 345 g/mol. The van der Waals surface area contributed by atoms with Crippen LogP contribution in [0.25, 0.3) is 0 Å². The Kier molecular flexibility index (Phi) is 6.24. The zero-order chi connectivity index (χ0) is 14.4. The minimum atomic E-state index is -0.430. The lowest BCUT2D eigenvalue weighted by molar-refractivity contribution is -0.118. The molecule has 0 aliphatic heterocycles. The summed E-state index contributed by atoms with van der Waals surface area (Å²) in [6.07, 6.45) is 1.50. The average Bonchev–Trinajstić information content (AvgIpc) is 2.35. The van der Waals surface area contributed by atoms with Gasteiger partial charge in [0, 0.05) is 5.69 Å². The van der Waals surface area contributed by atoms with E-state index in [1.165, 1.54) is 0 Å². The number of ether oxygens (including phenoxy) is 1. The zero-order valence-electron chi connectivity index (χ0n) is 10.9. The van der Waals surface area contributed by atoms with Crippen LogP contribution < -0.4 is 15.8 Å². The van der Waals surface area contributed by atoms with Crippen molar-refractivity contribution in [3.05, 3.63) is 22.7 Å². The molecule has 0 saturated carbocycles. The molecule has 0 heterocycles. The summed E-state index contributed by atoms with van der Waals surface area (Å²) in [4.78, 5) is 12.3. The van der Waals surface area contributed by atoms with Crippen LogP contribution in [0.1, 0.15) is 19.8 Å². The molecule has 1 aromatic carbocycles. The summed E-state index contributed by atoms with van der Waals surface area (Å²) in [5.41, 5.74) is 6.27. The number of methoxy groups -OCH3 is 1. The summed E-state index contributed by atoms with van der Waals surface area (Å²) < 4.78 is 5.90.